The molecule has 0 radical (unpaired) electrons. The van der Waals surface area contributed by atoms with Crippen LogP contribution in [0.5, 0.6) is 5.75 Å². The minimum Gasteiger partial charge on any atom is -0.497 e. The fraction of sp³-hybridized carbons (Fsp3) is 0.526. The number of pyridine rings is 1. The van der Waals surface area contributed by atoms with Crippen molar-refractivity contribution in [1.29, 1.82) is 0 Å². The van der Waals surface area contributed by atoms with Gasteiger partial charge in [-0.05, 0) is 35.9 Å². The van der Waals surface area contributed by atoms with Crippen LogP contribution in [-0.4, -0.2) is 42.8 Å². The van der Waals surface area contributed by atoms with Gasteiger partial charge in [-0.2, -0.15) is 0 Å². The first-order valence-corrected chi connectivity index (χ1v) is 8.58. The summed E-state index contributed by atoms with van der Waals surface area (Å²) < 4.78 is 10.9. The smallest absolute Gasteiger partial charge is 0.252 e. The molecule has 0 amide bonds. The second kappa shape index (κ2) is 7.36. The SMILES string of the molecule is COc1ccc2cc(CN3CCOC[C@H]3CC(C)C)c(=O)[nH]c2c1. The quantitative estimate of drug-likeness (QED) is 0.916. The Balaban J connectivity index is 1.85. The van der Waals surface area contributed by atoms with Crippen molar-refractivity contribution in [3.05, 3.63) is 40.2 Å². The van der Waals surface area contributed by atoms with E-state index >= 15 is 0 Å². The van der Waals surface area contributed by atoms with E-state index < -0.39 is 0 Å². The zero-order valence-corrected chi connectivity index (χ0v) is 14.7. The molecule has 0 saturated carbocycles. The highest BCUT2D eigenvalue weighted by molar-refractivity contribution is 5.80. The largest absolute Gasteiger partial charge is 0.497 e. The maximum Gasteiger partial charge on any atom is 0.252 e. The first-order chi connectivity index (χ1) is 11.6. The molecule has 0 unspecified atom stereocenters. The van der Waals surface area contributed by atoms with Crippen molar-refractivity contribution < 1.29 is 9.47 Å². The predicted molar refractivity (Wildman–Crippen MR) is 95.6 cm³/mol. The maximum atomic E-state index is 12.5. The van der Waals surface area contributed by atoms with Gasteiger partial charge in [-0.25, -0.2) is 0 Å². The fourth-order valence-electron chi connectivity index (χ4n) is 3.35. The van der Waals surface area contributed by atoms with Crippen LogP contribution in [0.1, 0.15) is 25.8 Å². The topological polar surface area (TPSA) is 54.6 Å². The number of ether oxygens (including phenoxy) is 2. The summed E-state index contributed by atoms with van der Waals surface area (Å²) in [4.78, 5) is 17.8. The van der Waals surface area contributed by atoms with E-state index in [0.717, 1.165) is 48.4 Å². The molecule has 1 aliphatic rings. The van der Waals surface area contributed by atoms with Gasteiger partial charge in [0, 0.05) is 30.8 Å². The number of fused-ring (bicyclic) bond motifs is 1. The van der Waals surface area contributed by atoms with E-state index in [1.54, 1.807) is 7.11 Å². The lowest BCUT2D eigenvalue weighted by molar-refractivity contribution is -0.0188. The van der Waals surface area contributed by atoms with E-state index in [-0.39, 0.29) is 5.56 Å². The summed E-state index contributed by atoms with van der Waals surface area (Å²) >= 11 is 0. The van der Waals surface area contributed by atoms with Gasteiger partial charge in [-0.3, -0.25) is 9.69 Å². The summed E-state index contributed by atoms with van der Waals surface area (Å²) in [7, 11) is 1.63. The van der Waals surface area contributed by atoms with Crippen molar-refractivity contribution in [3.63, 3.8) is 0 Å². The number of hydrogen-bond donors (Lipinski definition) is 1. The van der Waals surface area contributed by atoms with Crippen LogP contribution in [0.3, 0.4) is 0 Å². The average molecular weight is 330 g/mol. The molecule has 1 N–H and O–H groups in total. The number of nitrogens with zero attached hydrogens (tertiary/aromatic N) is 1. The molecule has 3 rings (SSSR count). The normalized spacial score (nSPS) is 19.1. The lowest BCUT2D eigenvalue weighted by atomic mass is 10.0. The zero-order chi connectivity index (χ0) is 17.1. The molecule has 0 bridgehead atoms. The summed E-state index contributed by atoms with van der Waals surface area (Å²) in [6, 6.07) is 8.13. The van der Waals surface area contributed by atoms with E-state index in [1.165, 1.54) is 0 Å². The Hall–Kier alpha value is -1.85. The van der Waals surface area contributed by atoms with Crippen LogP contribution in [0.2, 0.25) is 0 Å². The van der Waals surface area contributed by atoms with Gasteiger partial charge in [0.15, 0.2) is 0 Å². The van der Waals surface area contributed by atoms with Crippen LogP contribution in [0.25, 0.3) is 10.9 Å². The number of rotatable bonds is 5. The van der Waals surface area contributed by atoms with Crippen molar-refractivity contribution in [2.75, 3.05) is 26.9 Å². The first-order valence-electron chi connectivity index (χ1n) is 8.58. The van der Waals surface area contributed by atoms with Crippen molar-refractivity contribution in [2.45, 2.75) is 32.9 Å². The summed E-state index contributed by atoms with van der Waals surface area (Å²) in [5, 5.41) is 1.03. The van der Waals surface area contributed by atoms with Crippen LogP contribution in [0, 0.1) is 5.92 Å². The number of hydrogen-bond acceptors (Lipinski definition) is 4. The number of benzene rings is 1. The highest BCUT2D eigenvalue weighted by Crippen LogP contribution is 2.21. The molecule has 1 atom stereocenters. The fourth-order valence-corrected chi connectivity index (χ4v) is 3.35. The van der Waals surface area contributed by atoms with Gasteiger partial charge in [0.05, 0.1) is 25.8 Å². The summed E-state index contributed by atoms with van der Waals surface area (Å²) in [5.41, 5.74) is 1.60. The zero-order valence-electron chi connectivity index (χ0n) is 14.7. The Morgan fingerprint density at radius 3 is 2.96 bits per heavy atom. The number of morpholine rings is 1. The Labute approximate surface area is 142 Å². The van der Waals surface area contributed by atoms with E-state index in [2.05, 4.69) is 23.7 Å². The first kappa shape index (κ1) is 17.0. The molecule has 130 valence electrons. The Morgan fingerprint density at radius 1 is 1.38 bits per heavy atom. The van der Waals surface area contributed by atoms with Gasteiger partial charge in [0.1, 0.15) is 5.75 Å². The molecule has 1 aromatic carbocycles. The number of aromatic nitrogens is 1. The second-order valence-electron chi connectivity index (χ2n) is 6.91. The van der Waals surface area contributed by atoms with Crippen molar-refractivity contribution in [2.24, 2.45) is 5.92 Å². The lowest BCUT2D eigenvalue weighted by Gasteiger charge is -2.36. The molecule has 1 aromatic heterocycles. The molecule has 1 fully saturated rings. The molecular weight excluding hydrogens is 304 g/mol. The lowest BCUT2D eigenvalue weighted by Crippen LogP contribution is -2.46. The van der Waals surface area contributed by atoms with Crippen LogP contribution < -0.4 is 10.3 Å². The molecule has 5 heteroatoms. The van der Waals surface area contributed by atoms with Crippen molar-refractivity contribution in [3.8, 4) is 5.75 Å². The van der Waals surface area contributed by atoms with E-state index in [0.29, 0.717) is 18.5 Å². The summed E-state index contributed by atoms with van der Waals surface area (Å²) in [5.74, 6) is 1.36. The second-order valence-corrected chi connectivity index (χ2v) is 6.91. The van der Waals surface area contributed by atoms with Crippen LogP contribution in [0.15, 0.2) is 29.1 Å². The third-order valence-corrected chi connectivity index (χ3v) is 4.60. The van der Waals surface area contributed by atoms with Gasteiger partial charge in [0.2, 0.25) is 0 Å². The molecular formula is C19H26N2O3. The number of aromatic amines is 1. The van der Waals surface area contributed by atoms with E-state index in [9.17, 15) is 4.79 Å². The van der Waals surface area contributed by atoms with Gasteiger partial charge in [-0.1, -0.05) is 13.8 Å². The maximum absolute atomic E-state index is 12.5. The molecule has 2 heterocycles. The third kappa shape index (κ3) is 3.79. The molecule has 0 spiro atoms. The van der Waals surface area contributed by atoms with Gasteiger partial charge in [-0.15, -0.1) is 0 Å². The van der Waals surface area contributed by atoms with Crippen LogP contribution in [0.4, 0.5) is 0 Å². The summed E-state index contributed by atoms with van der Waals surface area (Å²) in [6.07, 6.45) is 1.09. The van der Waals surface area contributed by atoms with Crippen LogP contribution in [-0.2, 0) is 11.3 Å². The van der Waals surface area contributed by atoms with E-state index in [4.69, 9.17) is 9.47 Å². The molecule has 1 saturated heterocycles. The number of nitrogens with one attached hydrogen (secondary N) is 1. The predicted octanol–water partition coefficient (Wildman–Crippen LogP) is 2.78. The van der Waals surface area contributed by atoms with Gasteiger partial charge >= 0.3 is 0 Å². The Bertz CT molecular complexity index is 754. The standard InChI is InChI=1S/C19H26N2O3/c1-13(2)8-16-12-24-7-6-21(16)11-15-9-14-4-5-17(23-3)10-18(14)20-19(15)22/h4-5,9-10,13,16H,6-8,11-12H2,1-3H3,(H,20,22)/t16-/m1/s1. The molecule has 2 aromatic rings. The molecule has 1 aliphatic heterocycles. The summed E-state index contributed by atoms with van der Waals surface area (Å²) in [6.45, 7) is 7.47. The average Bonchev–Trinajstić information content (AvgIpc) is 2.56. The Morgan fingerprint density at radius 2 is 2.21 bits per heavy atom. The van der Waals surface area contributed by atoms with Crippen LogP contribution >= 0.6 is 0 Å². The highest BCUT2D eigenvalue weighted by atomic mass is 16.5. The van der Waals surface area contributed by atoms with Gasteiger partial charge in [0.25, 0.3) is 5.56 Å². The van der Waals surface area contributed by atoms with E-state index in [1.807, 2.05) is 24.3 Å². The Kier molecular flexibility index (Phi) is 5.21. The van der Waals surface area contributed by atoms with Crippen molar-refractivity contribution >= 4 is 10.9 Å². The van der Waals surface area contributed by atoms with Gasteiger partial charge < -0.3 is 14.5 Å². The monoisotopic (exact) mass is 330 g/mol. The highest BCUT2D eigenvalue weighted by Gasteiger charge is 2.24. The number of H-pyrrole nitrogens is 1. The van der Waals surface area contributed by atoms with Crippen molar-refractivity contribution in [1.82, 2.24) is 9.88 Å². The molecule has 24 heavy (non-hydrogen) atoms. The minimum absolute atomic E-state index is 0.0226. The molecule has 5 nitrogen and oxygen atoms in total. The molecule has 0 aliphatic carbocycles. The minimum atomic E-state index is -0.0226. The third-order valence-electron chi connectivity index (χ3n) is 4.60. The number of methoxy groups -OCH3 is 1.